The van der Waals surface area contributed by atoms with Crippen molar-refractivity contribution in [3.63, 3.8) is 0 Å². The van der Waals surface area contributed by atoms with Gasteiger partial charge in [0.05, 0.1) is 18.2 Å². The highest BCUT2D eigenvalue weighted by Gasteiger charge is 2.56. The number of benzene rings is 2. The number of pyridine rings is 1. The van der Waals surface area contributed by atoms with Gasteiger partial charge in [0, 0.05) is 30.5 Å². The normalized spacial score (nSPS) is 19.2. The number of primary amides is 1. The second kappa shape index (κ2) is 9.67. The van der Waals surface area contributed by atoms with Crippen molar-refractivity contribution in [1.82, 2.24) is 4.98 Å². The number of esters is 1. The molecule has 34 heavy (non-hydrogen) atoms. The minimum Gasteiger partial charge on any atom is -0.462 e. The first-order valence-corrected chi connectivity index (χ1v) is 11.7. The molecule has 0 spiro atoms. The summed E-state index contributed by atoms with van der Waals surface area (Å²) in [5.74, 6) is -0.678. The number of nitrogens with two attached hydrogens (primary N) is 1. The van der Waals surface area contributed by atoms with E-state index in [4.69, 9.17) is 10.5 Å². The van der Waals surface area contributed by atoms with Crippen molar-refractivity contribution in [2.45, 2.75) is 45.2 Å². The lowest BCUT2D eigenvalue weighted by atomic mass is 9.69. The quantitative estimate of drug-likeness (QED) is 0.511. The van der Waals surface area contributed by atoms with Gasteiger partial charge in [0.25, 0.3) is 0 Å². The number of hydrogen-bond donors (Lipinski definition) is 1. The lowest BCUT2D eigenvalue weighted by Gasteiger charge is -2.40. The minimum absolute atomic E-state index is 0.0957. The summed E-state index contributed by atoms with van der Waals surface area (Å²) in [7, 11) is 0. The molecular formula is C28H31N3O3. The molecule has 1 aliphatic heterocycles. The number of nitrogens with zero attached hydrogens (tertiary/aromatic N) is 2. The Hall–Kier alpha value is -3.67. The summed E-state index contributed by atoms with van der Waals surface area (Å²) in [4.78, 5) is 32.7. The monoisotopic (exact) mass is 457 g/mol. The Kier molecular flexibility index (Phi) is 6.68. The number of rotatable bonds is 8. The van der Waals surface area contributed by atoms with E-state index in [9.17, 15) is 9.59 Å². The molecule has 1 aromatic heterocycles. The summed E-state index contributed by atoms with van der Waals surface area (Å²) in [6, 6.07) is 21.0. The Bertz CT molecular complexity index is 1160. The summed E-state index contributed by atoms with van der Waals surface area (Å²) in [5.41, 5.74) is 9.27. The number of hydrogen-bond acceptors (Lipinski definition) is 5. The first kappa shape index (κ1) is 23.5. The molecule has 0 saturated heterocycles. The van der Waals surface area contributed by atoms with Crippen LogP contribution >= 0.6 is 0 Å². The molecule has 0 saturated carbocycles. The van der Waals surface area contributed by atoms with Crippen LogP contribution in [-0.2, 0) is 27.9 Å². The van der Waals surface area contributed by atoms with Crippen LogP contribution in [0, 0.1) is 5.92 Å². The number of anilines is 1. The molecule has 2 unspecified atom stereocenters. The zero-order chi connectivity index (χ0) is 24.3. The molecule has 6 heteroatoms. The van der Waals surface area contributed by atoms with Crippen LogP contribution in [0.15, 0.2) is 72.9 Å². The molecule has 0 radical (unpaired) electrons. The number of ether oxygens (including phenoxy) is 1. The Morgan fingerprint density at radius 1 is 1.09 bits per heavy atom. The Balaban J connectivity index is 1.92. The predicted molar refractivity (Wildman–Crippen MR) is 132 cm³/mol. The van der Waals surface area contributed by atoms with Crippen LogP contribution in [0.3, 0.4) is 0 Å². The van der Waals surface area contributed by atoms with Crippen LogP contribution < -0.4 is 10.6 Å². The third-order valence-electron chi connectivity index (χ3n) is 6.59. The summed E-state index contributed by atoms with van der Waals surface area (Å²) in [6.07, 6.45) is 2.11. The molecule has 0 bridgehead atoms. The van der Waals surface area contributed by atoms with E-state index in [1.807, 2.05) is 48.5 Å². The molecule has 4 rings (SSSR count). The molecule has 3 aromatic rings. The maximum Gasteiger partial charge on any atom is 0.338 e. The van der Waals surface area contributed by atoms with Gasteiger partial charge in [0.1, 0.15) is 5.41 Å². The smallest absolute Gasteiger partial charge is 0.338 e. The van der Waals surface area contributed by atoms with Crippen molar-refractivity contribution in [2.75, 3.05) is 11.5 Å². The van der Waals surface area contributed by atoms with Crippen molar-refractivity contribution >= 4 is 17.6 Å². The van der Waals surface area contributed by atoms with Gasteiger partial charge >= 0.3 is 5.97 Å². The van der Waals surface area contributed by atoms with Crippen LogP contribution in [0.2, 0.25) is 0 Å². The molecule has 0 aliphatic carbocycles. The Morgan fingerprint density at radius 2 is 1.82 bits per heavy atom. The fourth-order valence-corrected chi connectivity index (χ4v) is 5.31. The molecule has 2 atom stereocenters. The summed E-state index contributed by atoms with van der Waals surface area (Å²) >= 11 is 0. The Morgan fingerprint density at radius 3 is 2.44 bits per heavy atom. The van der Waals surface area contributed by atoms with E-state index in [0.717, 1.165) is 22.5 Å². The van der Waals surface area contributed by atoms with Crippen LogP contribution in [0.25, 0.3) is 0 Å². The third-order valence-corrected chi connectivity index (χ3v) is 6.59. The fraction of sp³-hybridized carbons (Fsp3) is 0.321. The van der Waals surface area contributed by atoms with E-state index in [2.05, 4.69) is 35.9 Å². The van der Waals surface area contributed by atoms with Gasteiger partial charge in [-0.1, -0.05) is 56.3 Å². The minimum atomic E-state index is -1.00. The largest absolute Gasteiger partial charge is 0.462 e. The van der Waals surface area contributed by atoms with E-state index in [0.29, 0.717) is 25.1 Å². The highest BCUT2D eigenvalue weighted by molar-refractivity contribution is 5.96. The Labute approximate surface area is 200 Å². The average molecular weight is 458 g/mol. The first-order chi connectivity index (χ1) is 16.4. The second-order valence-corrected chi connectivity index (χ2v) is 9.09. The fourth-order valence-electron chi connectivity index (χ4n) is 5.31. The third kappa shape index (κ3) is 4.16. The van der Waals surface area contributed by atoms with Gasteiger partial charge in [-0.2, -0.15) is 0 Å². The van der Waals surface area contributed by atoms with Gasteiger partial charge in [-0.25, -0.2) is 4.79 Å². The molecule has 176 valence electrons. The number of carbonyl (C=O) groups is 2. The van der Waals surface area contributed by atoms with Crippen molar-refractivity contribution in [3.8, 4) is 0 Å². The second-order valence-electron chi connectivity index (χ2n) is 9.09. The van der Waals surface area contributed by atoms with E-state index in [-0.39, 0.29) is 17.9 Å². The van der Waals surface area contributed by atoms with Gasteiger partial charge in [-0.15, -0.1) is 0 Å². The SMILES string of the molecule is CCOC(=O)c1ccc2c(c1)N(Cc1ccccc1)C(C(C)C)C2(Cc1ccccn1)C(N)=O. The van der Waals surface area contributed by atoms with Crippen LogP contribution in [0.1, 0.15) is 48.0 Å². The van der Waals surface area contributed by atoms with Gasteiger partial charge in [-0.05, 0) is 48.2 Å². The summed E-state index contributed by atoms with van der Waals surface area (Å²) < 4.78 is 5.25. The zero-order valence-corrected chi connectivity index (χ0v) is 19.9. The van der Waals surface area contributed by atoms with Gasteiger partial charge < -0.3 is 15.4 Å². The van der Waals surface area contributed by atoms with Crippen molar-refractivity contribution < 1.29 is 14.3 Å². The number of carbonyl (C=O) groups excluding carboxylic acids is 2. The van der Waals surface area contributed by atoms with Crippen LogP contribution in [0.4, 0.5) is 5.69 Å². The number of amides is 1. The highest BCUT2D eigenvalue weighted by atomic mass is 16.5. The van der Waals surface area contributed by atoms with E-state index in [1.54, 1.807) is 19.2 Å². The molecule has 2 aromatic carbocycles. The van der Waals surface area contributed by atoms with Gasteiger partial charge in [0.15, 0.2) is 0 Å². The van der Waals surface area contributed by atoms with E-state index < -0.39 is 11.3 Å². The number of aromatic nitrogens is 1. The van der Waals surface area contributed by atoms with Gasteiger partial charge in [0.2, 0.25) is 5.91 Å². The molecule has 0 fully saturated rings. The van der Waals surface area contributed by atoms with Crippen LogP contribution in [-0.4, -0.2) is 29.5 Å². The molecule has 1 aliphatic rings. The predicted octanol–water partition coefficient (Wildman–Crippen LogP) is 4.27. The standard InChI is InChI=1S/C28H31N3O3/c1-4-34-26(32)21-13-14-23-24(16-21)31(18-20-10-6-5-7-11-20)25(19(2)3)28(23,27(29)33)17-22-12-8-9-15-30-22/h5-16,19,25H,4,17-18H2,1-3H3,(H2,29,33). The molecule has 2 N–H and O–H groups in total. The summed E-state index contributed by atoms with van der Waals surface area (Å²) in [6.45, 7) is 6.88. The molecule has 6 nitrogen and oxygen atoms in total. The van der Waals surface area contributed by atoms with E-state index >= 15 is 0 Å². The van der Waals surface area contributed by atoms with Crippen molar-refractivity contribution in [1.29, 1.82) is 0 Å². The maximum absolute atomic E-state index is 13.4. The zero-order valence-electron chi connectivity index (χ0n) is 19.9. The molecule has 2 heterocycles. The van der Waals surface area contributed by atoms with Crippen molar-refractivity contribution in [2.24, 2.45) is 11.7 Å². The van der Waals surface area contributed by atoms with Crippen LogP contribution in [0.5, 0.6) is 0 Å². The average Bonchev–Trinajstić information content (AvgIpc) is 3.10. The first-order valence-electron chi connectivity index (χ1n) is 11.7. The van der Waals surface area contributed by atoms with Gasteiger partial charge in [-0.3, -0.25) is 9.78 Å². The lowest BCUT2D eigenvalue weighted by Crippen LogP contribution is -2.56. The molecular weight excluding hydrogens is 426 g/mol. The topological polar surface area (TPSA) is 85.5 Å². The summed E-state index contributed by atoms with van der Waals surface area (Å²) in [5, 5.41) is 0. The lowest BCUT2D eigenvalue weighted by molar-refractivity contribution is -0.124. The van der Waals surface area contributed by atoms with Crippen molar-refractivity contribution in [3.05, 3.63) is 95.3 Å². The van der Waals surface area contributed by atoms with E-state index in [1.165, 1.54) is 0 Å². The highest BCUT2D eigenvalue weighted by Crippen LogP contribution is 2.50. The maximum atomic E-state index is 13.4. The molecule has 1 amide bonds. The number of fused-ring (bicyclic) bond motifs is 1.